The van der Waals surface area contributed by atoms with Gasteiger partial charge in [-0.25, -0.2) is 4.99 Å². The normalized spacial score (nSPS) is 20.5. The molecule has 0 radical (unpaired) electrons. The van der Waals surface area contributed by atoms with Crippen molar-refractivity contribution in [3.8, 4) is 0 Å². The monoisotopic (exact) mass is 467 g/mol. The molecule has 1 aliphatic rings. The number of nitrogens with zero attached hydrogens (tertiary/aromatic N) is 1. The zero-order chi connectivity index (χ0) is 16.5. The number of hydrogen-bond donors (Lipinski definition) is 3. The third kappa shape index (κ3) is 6.74. The Morgan fingerprint density at radius 2 is 2.25 bits per heavy atom. The van der Waals surface area contributed by atoms with Crippen molar-refractivity contribution in [3.63, 3.8) is 0 Å². The number of benzene rings is 1. The maximum Gasteiger partial charge on any atom is 0.191 e. The first-order chi connectivity index (χ1) is 11.2. The van der Waals surface area contributed by atoms with Crippen molar-refractivity contribution >= 4 is 41.5 Å². The van der Waals surface area contributed by atoms with E-state index in [2.05, 4.69) is 15.6 Å². The molecule has 1 heterocycles. The maximum atomic E-state index is 9.30. The van der Waals surface area contributed by atoms with Crippen molar-refractivity contribution in [3.05, 3.63) is 34.9 Å². The van der Waals surface area contributed by atoms with Crippen LogP contribution in [0.1, 0.15) is 25.3 Å². The Morgan fingerprint density at radius 1 is 1.42 bits per heavy atom. The highest BCUT2D eigenvalue weighted by Crippen LogP contribution is 2.31. The molecule has 1 aliphatic heterocycles. The molecule has 0 aromatic heterocycles. The fraction of sp³-hybridized carbons (Fsp3) is 0.588. The molecule has 1 fully saturated rings. The maximum absolute atomic E-state index is 9.30. The van der Waals surface area contributed by atoms with E-state index >= 15 is 0 Å². The van der Waals surface area contributed by atoms with E-state index in [4.69, 9.17) is 16.3 Å². The third-order valence-electron chi connectivity index (χ3n) is 4.11. The molecule has 2 rings (SSSR count). The molecule has 1 saturated heterocycles. The first-order valence-corrected chi connectivity index (χ1v) is 8.50. The number of aliphatic hydroxyl groups excluding tert-OH is 1. The van der Waals surface area contributed by atoms with Crippen LogP contribution in [-0.4, -0.2) is 44.0 Å². The summed E-state index contributed by atoms with van der Waals surface area (Å²) in [6.07, 6.45) is 1.71. The van der Waals surface area contributed by atoms with Crippen LogP contribution in [0.3, 0.4) is 0 Å². The van der Waals surface area contributed by atoms with Crippen LogP contribution in [0.2, 0.25) is 5.02 Å². The first-order valence-electron chi connectivity index (χ1n) is 8.13. The molecule has 0 aliphatic carbocycles. The smallest absolute Gasteiger partial charge is 0.191 e. The van der Waals surface area contributed by atoms with Gasteiger partial charge in [0.1, 0.15) is 0 Å². The molecule has 1 aromatic carbocycles. The number of guanidine groups is 1. The first kappa shape index (κ1) is 21.5. The zero-order valence-corrected chi connectivity index (χ0v) is 17.1. The molecule has 24 heavy (non-hydrogen) atoms. The molecule has 7 heteroatoms. The summed E-state index contributed by atoms with van der Waals surface area (Å²) in [4.78, 5) is 4.61. The standard InChI is InChI=1S/C17H26ClN3O2.HI/c1-2-19-16(20-11-14-4-3-5-15(18)10-14)21-12-17(6-8-22)7-9-23-13-17;/h3-5,10,22H,2,6-9,11-13H2,1H3,(H2,19,20,21);1H. The molecule has 1 aromatic rings. The van der Waals surface area contributed by atoms with Gasteiger partial charge in [-0.15, -0.1) is 24.0 Å². The molecular weight excluding hydrogens is 441 g/mol. The van der Waals surface area contributed by atoms with E-state index in [0.717, 1.165) is 49.1 Å². The molecule has 5 nitrogen and oxygen atoms in total. The number of aliphatic imine (C=N–C) groups is 1. The number of hydrogen-bond acceptors (Lipinski definition) is 3. The lowest BCUT2D eigenvalue weighted by Gasteiger charge is -2.27. The quantitative estimate of drug-likeness (QED) is 0.328. The average Bonchev–Trinajstić information content (AvgIpc) is 2.99. The Labute approximate surface area is 166 Å². The van der Waals surface area contributed by atoms with Gasteiger partial charge in [0.15, 0.2) is 5.96 Å². The minimum atomic E-state index is 0. The Bertz CT molecular complexity index is 522. The summed E-state index contributed by atoms with van der Waals surface area (Å²) in [5.41, 5.74) is 1.07. The molecular formula is C17H27ClIN3O2. The molecule has 0 amide bonds. The van der Waals surface area contributed by atoms with Gasteiger partial charge >= 0.3 is 0 Å². The Kier molecular flexibility index (Phi) is 9.95. The summed E-state index contributed by atoms with van der Waals surface area (Å²) < 4.78 is 5.52. The van der Waals surface area contributed by atoms with Gasteiger partial charge < -0.3 is 20.5 Å². The predicted molar refractivity (Wildman–Crippen MR) is 109 cm³/mol. The van der Waals surface area contributed by atoms with Gasteiger partial charge in [-0.05, 0) is 37.5 Å². The fourth-order valence-electron chi connectivity index (χ4n) is 2.73. The van der Waals surface area contributed by atoms with Gasteiger partial charge in [-0.1, -0.05) is 23.7 Å². The molecule has 3 N–H and O–H groups in total. The third-order valence-corrected chi connectivity index (χ3v) is 4.35. The summed E-state index contributed by atoms with van der Waals surface area (Å²) in [6, 6.07) is 7.72. The summed E-state index contributed by atoms with van der Waals surface area (Å²) in [7, 11) is 0. The second-order valence-electron chi connectivity index (χ2n) is 5.95. The molecule has 0 spiro atoms. The van der Waals surface area contributed by atoms with Crippen LogP contribution < -0.4 is 10.6 Å². The topological polar surface area (TPSA) is 65.9 Å². The lowest BCUT2D eigenvalue weighted by Crippen LogP contribution is -2.44. The van der Waals surface area contributed by atoms with Crippen molar-refractivity contribution in [2.45, 2.75) is 26.3 Å². The van der Waals surface area contributed by atoms with Crippen molar-refractivity contribution in [1.29, 1.82) is 0 Å². The van der Waals surface area contributed by atoms with Crippen molar-refractivity contribution in [1.82, 2.24) is 10.6 Å². The van der Waals surface area contributed by atoms with Gasteiger partial charge in [-0.2, -0.15) is 0 Å². The van der Waals surface area contributed by atoms with E-state index in [9.17, 15) is 5.11 Å². The molecule has 1 unspecified atom stereocenters. The number of rotatable bonds is 7. The zero-order valence-electron chi connectivity index (χ0n) is 14.1. The van der Waals surface area contributed by atoms with Crippen LogP contribution >= 0.6 is 35.6 Å². The number of ether oxygens (including phenoxy) is 1. The van der Waals surface area contributed by atoms with Gasteiger partial charge in [0.25, 0.3) is 0 Å². The number of aliphatic hydroxyl groups is 1. The molecule has 0 bridgehead atoms. The number of halogens is 2. The highest BCUT2D eigenvalue weighted by molar-refractivity contribution is 14.0. The van der Waals surface area contributed by atoms with E-state index < -0.39 is 0 Å². The summed E-state index contributed by atoms with van der Waals surface area (Å²) >= 11 is 6.00. The second kappa shape index (κ2) is 11.1. The van der Waals surface area contributed by atoms with E-state index in [0.29, 0.717) is 13.2 Å². The van der Waals surface area contributed by atoms with Crippen molar-refractivity contribution < 1.29 is 9.84 Å². The predicted octanol–water partition coefficient (Wildman–Crippen LogP) is 2.80. The molecule has 1 atom stereocenters. The largest absolute Gasteiger partial charge is 0.396 e. The van der Waals surface area contributed by atoms with E-state index in [1.165, 1.54) is 0 Å². The van der Waals surface area contributed by atoms with Crippen LogP contribution in [0, 0.1) is 5.41 Å². The SMILES string of the molecule is CCNC(=NCc1cccc(Cl)c1)NCC1(CCO)CCOC1.I. The van der Waals surface area contributed by atoms with Crippen LogP contribution in [-0.2, 0) is 11.3 Å². The second-order valence-corrected chi connectivity index (χ2v) is 6.39. The Morgan fingerprint density at radius 3 is 2.88 bits per heavy atom. The number of nitrogens with one attached hydrogen (secondary N) is 2. The van der Waals surface area contributed by atoms with Crippen molar-refractivity contribution in [2.24, 2.45) is 10.4 Å². The average molecular weight is 468 g/mol. The minimum absolute atomic E-state index is 0. The summed E-state index contributed by atoms with van der Waals surface area (Å²) in [6.45, 7) is 5.78. The van der Waals surface area contributed by atoms with Gasteiger partial charge in [0.05, 0.1) is 13.2 Å². The van der Waals surface area contributed by atoms with E-state index in [1.54, 1.807) is 0 Å². The summed E-state index contributed by atoms with van der Waals surface area (Å²) in [5, 5.41) is 16.7. The molecule has 0 saturated carbocycles. The molecule has 136 valence electrons. The van der Waals surface area contributed by atoms with E-state index in [1.807, 2.05) is 31.2 Å². The highest BCUT2D eigenvalue weighted by Gasteiger charge is 2.34. The van der Waals surface area contributed by atoms with Gasteiger partial charge in [-0.3, -0.25) is 0 Å². The Hall–Kier alpha value is -0.570. The Balaban J connectivity index is 0.00000288. The van der Waals surface area contributed by atoms with E-state index in [-0.39, 0.29) is 36.0 Å². The van der Waals surface area contributed by atoms with Crippen LogP contribution in [0.4, 0.5) is 0 Å². The van der Waals surface area contributed by atoms with Crippen molar-refractivity contribution in [2.75, 3.05) is 32.9 Å². The lowest BCUT2D eigenvalue weighted by molar-refractivity contribution is 0.127. The van der Waals surface area contributed by atoms with Crippen LogP contribution in [0.25, 0.3) is 0 Å². The summed E-state index contributed by atoms with van der Waals surface area (Å²) in [5.74, 6) is 0.775. The van der Waals surface area contributed by atoms with Crippen LogP contribution in [0.15, 0.2) is 29.3 Å². The lowest BCUT2D eigenvalue weighted by atomic mass is 9.84. The van der Waals surface area contributed by atoms with Gasteiger partial charge in [0, 0.05) is 36.7 Å². The highest BCUT2D eigenvalue weighted by atomic mass is 127. The van der Waals surface area contributed by atoms with Crippen LogP contribution in [0.5, 0.6) is 0 Å². The minimum Gasteiger partial charge on any atom is -0.396 e. The van der Waals surface area contributed by atoms with Gasteiger partial charge in [0.2, 0.25) is 0 Å². The fourth-order valence-corrected chi connectivity index (χ4v) is 2.94.